The fourth-order valence-corrected chi connectivity index (χ4v) is 1.64. The molecule has 3 N–H and O–H groups in total. The van der Waals surface area contributed by atoms with Crippen LogP contribution < -0.4 is 15.8 Å². The fraction of sp³-hybridized carbons (Fsp3) is 0.133. The summed E-state index contributed by atoms with van der Waals surface area (Å²) in [5.41, 5.74) is 8.00. The monoisotopic (exact) mass is 256 g/mol. The summed E-state index contributed by atoms with van der Waals surface area (Å²) in [6.45, 7) is 1.83. The van der Waals surface area contributed by atoms with Crippen molar-refractivity contribution in [1.82, 2.24) is 0 Å². The number of carbonyl (C=O) groups is 1. The number of amides is 1. The summed E-state index contributed by atoms with van der Waals surface area (Å²) in [6.07, 6.45) is 0. The van der Waals surface area contributed by atoms with Crippen LogP contribution in [0, 0.1) is 6.92 Å². The highest BCUT2D eigenvalue weighted by molar-refractivity contribution is 5.93. The molecule has 1 amide bonds. The highest BCUT2D eigenvalue weighted by atomic mass is 16.5. The summed E-state index contributed by atoms with van der Waals surface area (Å²) in [5, 5.41) is 2.78. The quantitative estimate of drug-likeness (QED) is 0.826. The minimum Gasteiger partial charge on any atom is -0.484 e. The maximum absolute atomic E-state index is 11.8. The number of benzene rings is 2. The van der Waals surface area contributed by atoms with Crippen molar-refractivity contribution in [2.45, 2.75) is 6.92 Å². The van der Waals surface area contributed by atoms with E-state index < -0.39 is 0 Å². The van der Waals surface area contributed by atoms with Crippen molar-refractivity contribution < 1.29 is 9.53 Å². The second-order valence-corrected chi connectivity index (χ2v) is 4.17. The number of nitrogen functional groups attached to an aromatic ring is 1. The number of nitrogens with one attached hydrogen (secondary N) is 1. The summed E-state index contributed by atoms with van der Waals surface area (Å²) in [6, 6.07) is 14.6. The maximum atomic E-state index is 11.8. The number of rotatable bonds is 4. The van der Waals surface area contributed by atoms with Gasteiger partial charge in [0.25, 0.3) is 5.91 Å². The second-order valence-electron chi connectivity index (χ2n) is 4.17. The highest BCUT2D eigenvalue weighted by Gasteiger charge is 2.06. The summed E-state index contributed by atoms with van der Waals surface area (Å²) < 4.78 is 5.37. The predicted molar refractivity (Wildman–Crippen MR) is 76.2 cm³/mol. The van der Waals surface area contributed by atoms with Gasteiger partial charge < -0.3 is 15.8 Å². The van der Waals surface area contributed by atoms with Gasteiger partial charge in [0, 0.05) is 11.4 Å². The number of carbonyl (C=O) groups excluding carboxylic acids is 1. The molecule has 0 heterocycles. The largest absolute Gasteiger partial charge is 0.484 e. The van der Waals surface area contributed by atoms with Gasteiger partial charge in [0.1, 0.15) is 5.75 Å². The van der Waals surface area contributed by atoms with Crippen LogP contribution in [-0.4, -0.2) is 12.5 Å². The Morgan fingerprint density at radius 1 is 1.16 bits per heavy atom. The minimum absolute atomic E-state index is 0.0295. The Morgan fingerprint density at radius 2 is 1.89 bits per heavy atom. The lowest BCUT2D eigenvalue weighted by atomic mass is 10.1. The van der Waals surface area contributed by atoms with Gasteiger partial charge in [-0.25, -0.2) is 0 Å². The van der Waals surface area contributed by atoms with Crippen LogP contribution in [0.5, 0.6) is 5.75 Å². The van der Waals surface area contributed by atoms with Crippen LogP contribution in [0.15, 0.2) is 48.5 Å². The maximum Gasteiger partial charge on any atom is 0.262 e. The number of para-hydroxylation sites is 1. The molecule has 0 saturated heterocycles. The fourth-order valence-electron chi connectivity index (χ4n) is 1.64. The number of nitrogens with two attached hydrogens (primary N) is 1. The lowest BCUT2D eigenvalue weighted by Crippen LogP contribution is -2.20. The van der Waals surface area contributed by atoms with Gasteiger partial charge in [-0.15, -0.1) is 0 Å². The number of anilines is 2. The first-order valence-electron chi connectivity index (χ1n) is 5.99. The third kappa shape index (κ3) is 3.48. The molecule has 98 valence electrons. The summed E-state index contributed by atoms with van der Waals surface area (Å²) >= 11 is 0. The average molecular weight is 256 g/mol. The molecule has 0 radical (unpaired) electrons. The zero-order valence-electron chi connectivity index (χ0n) is 10.7. The molecule has 0 spiro atoms. The first-order valence-corrected chi connectivity index (χ1v) is 5.99. The molecule has 0 atom stereocenters. The van der Waals surface area contributed by atoms with Crippen LogP contribution in [0.1, 0.15) is 5.56 Å². The predicted octanol–water partition coefficient (Wildman–Crippen LogP) is 2.59. The van der Waals surface area contributed by atoms with E-state index in [0.29, 0.717) is 17.1 Å². The molecule has 4 nitrogen and oxygen atoms in total. The van der Waals surface area contributed by atoms with Gasteiger partial charge in [-0.2, -0.15) is 0 Å². The van der Waals surface area contributed by atoms with Crippen molar-refractivity contribution in [2.75, 3.05) is 17.7 Å². The number of hydrogen-bond donors (Lipinski definition) is 2. The molecule has 0 fully saturated rings. The minimum atomic E-state index is -0.211. The van der Waals surface area contributed by atoms with E-state index in [9.17, 15) is 4.79 Å². The molecule has 0 aliphatic rings. The van der Waals surface area contributed by atoms with E-state index in [2.05, 4.69) is 5.32 Å². The number of hydrogen-bond acceptors (Lipinski definition) is 3. The van der Waals surface area contributed by atoms with Gasteiger partial charge in [-0.05, 0) is 36.8 Å². The van der Waals surface area contributed by atoms with Crippen molar-refractivity contribution >= 4 is 17.3 Å². The first-order chi connectivity index (χ1) is 9.16. The van der Waals surface area contributed by atoms with Gasteiger partial charge in [0.05, 0.1) is 0 Å². The Morgan fingerprint density at radius 3 is 2.63 bits per heavy atom. The van der Waals surface area contributed by atoms with E-state index in [-0.39, 0.29) is 12.5 Å². The Balaban J connectivity index is 1.93. The summed E-state index contributed by atoms with van der Waals surface area (Å²) in [7, 11) is 0. The molecule has 4 heteroatoms. The zero-order chi connectivity index (χ0) is 13.7. The molecular weight excluding hydrogens is 240 g/mol. The van der Waals surface area contributed by atoms with Crippen LogP contribution in [-0.2, 0) is 4.79 Å². The molecule has 0 bridgehead atoms. The second kappa shape index (κ2) is 5.91. The van der Waals surface area contributed by atoms with Crippen LogP contribution in [0.3, 0.4) is 0 Å². The van der Waals surface area contributed by atoms with Crippen molar-refractivity contribution in [3.05, 3.63) is 54.1 Å². The standard InChI is InChI=1S/C15H16N2O2/c1-11-13(16)8-5-9-14(11)17-15(18)10-19-12-6-3-2-4-7-12/h2-9H,10,16H2,1H3,(H,17,18). The van der Waals surface area contributed by atoms with Crippen LogP contribution >= 0.6 is 0 Å². The molecule has 0 aromatic heterocycles. The van der Waals surface area contributed by atoms with Crippen LogP contribution in [0.2, 0.25) is 0 Å². The van der Waals surface area contributed by atoms with Crippen molar-refractivity contribution in [1.29, 1.82) is 0 Å². The molecule has 0 aliphatic carbocycles. The van der Waals surface area contributed by atoms with Crippen molar-refractivity contribution in [3.8, 4) is 5.75 Å². The van der Waals surface area contributed by atoms with Crippen LogP contribution in [0.25, 0.3) is 0 Å². The Labute approximate surface area is 112 Å². The molecule has 2 aromatic carbocycles. The first kappa shape index (κ1) is 13.0. The van der Waals surface area contributed by atoms with Crippen molar-refractivity contribution in [2.24, 2.45) is 0 Å². The van der Waals surface area contributed by atoms with Gasteiger partial charge in [0.2, 0.25) is 0 Å². The van der Waals surface area contributed by atoms with E-state index in [0.717, 1.165) is 5.56 Å². The SMILES string of the molecule is Cc1c(N)cccc1NC(=O)COc1ccccc1. The van der Waals surface area contributed by atoms with Crippen LogP contribution in [0.4, 0.5) is 11.4 Å². The smallest absolute Gasteiger partial charge is 0.262 e. The van der Waals surface area contributed by atoms with Gasteiger partial charge in [-0.3, -0.25) is 4.79 Å². The zero-order valence-corrected chi connectivity index (χ0v) is 10.7. The Hall–Kier alpha value is -2.49. The van der Waals surface area contributed by atoms with E-state index >= 15 is 0 Å². The van der Waals surface area contributed by atoms with Gasteiger partial charge in [0.15, 0.2) is 6.61 Å². The molecule has 2 rings (SSSR count). The topological polar surface area (TPSA) is 64.3 Å². The lowest BCUT2D eigenvalue weighted by molar-refractivity contribution is -0.118. The third-order valence-corrected chi connectivity index (χ3v) is 2.76. The lowest BCUT2D eigenvalue weighted by Gasteiger charge is -2.10. The molecule has 0 saturated carbocycles. The van der Waals surface area contributed by atoms with Crippen molar-refractivity contribution in [3.63, 3.8) is 0 Å². The molecular formula is C15H16N2O2. The van der Waals surface area contributed by atoms with E-state index in [1.54, 1.807) is 24.3 Å². The Bertz CT molecular complexity index is 568. The molecule has 0 unspecified atom stereocenters. The summed E-state index contributed by atoms with van der Waals surface area (Å²) in [4.78, 5) is 11.8. The summed E-state index contributed by atoms with van der Waals surface area (Å²) in [5.74, 6) is 0.458. The normalized spacial score (nSPS) is 9.95. The third-order valence-electron chi connectivity index (χ3n) is 2.76. The number of ether oxygens (including phenoxy) is 1. The molecule has 2 aromatic rings. The van der Waals surface area contributed by atoms with E-state index in [1.807, 2.05) is 31.2 Å². The highest BCUT2D eigenvalue weighted by Crippen LogP contribution is 2.20. The van der Waals surface area contributed by atoms with Gasteiger partial charge >= 0.3 is 0 Å². The van der Waals surface area contributed by atoms with E-state index in [1.165, 1.54) is 0 Å². The molecule has 19 heavy (non-hydrogen) atoms. The van der Waals surface area contributed by atoms with E-state index in [4.69, 9.17) is 10.5 Å². The molecule has 0 aliphatic heterocycles. The Kier molecular flexibility index (Phi) is 4.03. The average Bonchev–Trinajstić information content (AvgIpc) is 2.43. The van der Waals surface area contributed by atoms with Gasteiger partial charge in [-0.1, -0.05) is 24.3 Å².